The predicted octanol–water partition coefficient (Wildman–Crippen LogP) is 4.93. The molecule has 0 aromatic heterocycles. The van der Waals surface area contributed by atoms with E-state index in [4.69, 9.17) is 16.3 Å². The smallest absolute Gasteiger partial charge is 0.260 e. The van der Waals surface area contributed by atoms with E-state index in [2.05, 4.69) is 0 Å². The van der Waals surface area contributed by atoms with Gasteiger partial charge in [0.2, 0.25) is 0 Å². The Bertz CT molecular complexity index is 744. The van der Waals surface area contributed by atoms with Gasteiger partial charge in [0.25, 0.3) is 5.91 Å². The molecular formula is C19H19ClFNO2. The minimum absolute atomic E-state index is 0.0482. The summed E-state index contributed by atoms with van der Waals surface area (Å²) in [4.78, 5) is 14.8. The Labute approximate surface area is 146 Å². The van der Waals surface area contributed by atoms with Gasteiger partial charge in [-0.1, -0.05) is 11.6 Å². The van der Waals surface area contributed by atoms with Crippen LogP contribution in [0.25, 0.3) is 0 Å². The molecule has 0 aliphatic heterocycles. The lowest BCUT2D eigenvalue weighted by Gasteiger charge is -2.30. The number of carbonyl (C=O) groups is 1. The Balaban J connectivity index is 1.98. The molecule has 3 nitrogen and oxygen atoms in total. The first-order valence-electron chi connectivity index (χ1n) is 7.94. The molecule has 3 rings (SSSR count). The van der Waals surface area contributed by atoms with Gasteiger partial charge in [-0.05, 0) is 68.1 Å². The Kier molecular flexibility index (Phi) is 4.76. The summed E-state index contributed by atoms with van der Waals surface area (Å²) >= 11 is 6.10. The van der Waals surface area contributed by atoms with Crippen LogP contribution < -0.4 is 9.64 Å². The Hall–Kier alpha value is -2.07. The van der Waals surface area contributed by atoms with E-state index < -0.39 is 5.82 Å². The number of benzene rings is 2. The normalized spacial score (nSPS) is 15.0. The summed E-state index contributed by atoms with van der Waals surface area (Å²) in [7, 11) is 1.60. The second kappa shape index (κ2) is 6.81. The van der Waals surface area contributed by atoms with Crippen molar-refractivity contribution in [2.45, 2.75) is 25.8 Å². The van der Waals surface area contributed by atoms with Crippen LogP contribution in [0, 0.1) is 11.7 Å². The van der Waals surface area contributed by atoms with E-state index in [9.17, 15) is 9.18 Å². The third kappa shape index (κ3) is 3.39. The molecule has 126 valence electrons. The zero-order chi connectivity index (χ0) is 17.3. The van der Waals surface area contributed by atoms with E-state index in [1.807, 2.05) is 31.2 Å². The number of rotatable bonds is 5. The first kappa shape index (κ1) is 16.8. The van der Waals surface area contributed by atoms with Crippen LogP contribution in [0.4, 0.5) is 10.1 Å². The SMILES string of the molecule is COc1ccc(N(C(=O)c2ccc(F)cc2Cl)C(C)C2CC2)cc1. The van der Waals surface area contributed by atoms with Crippen molar-refractivity contribution in [3.05, 3.63) is 58.9 Å². The van der Waals surface area contributed by atoms with E-state index in [-0.39, 0.29) is 17.0 Å². The quantitative estimate of drug-likeness (QED) is 0.767. The number of carbonyl (C=O) groups excluding carboxylic acids is 1. The van der Waals surface area contributed by atoms with Crippen molar-refractivity contribution in [1.82, 2.24) is 0 Å². The lowest BCUT2D eigenvalue weighted by atomic mass is 10.1. The predicted molar refractivity (Wildman–Crippen MR) is 93.4 cm³/mol. The van der Waals surface area contributed by atoms with Crippen LogP contribution in [0.1, 0.15) is 30.1 Å². The van der Waals surface area contributed by atoms with Crippen LogP contribution in [0.5, 0.6) is 5.75 Å². The molecular weight excluding hydrogens is 329 g/mol. The van der Waals surface area contributed by atoms with Crippen molar-refractivity contribution in [1.29, 1.82) is 0 Å². The standard InChI is InChI=1S/C19H19ClFNO2/c1-12(13-3-4-13)22(15-6-8-16(24-2)9-7-15)19(23)17-10-5-14(21)11-18(17)20/h5-13H,3-4H2,1-2H3. The fourth-order valence-corrected chi connectivity index (χ4v) is 3.11. The van der Waals surface area contributed by atoms with Gasteiger partial charge in [-0.15, -0.1) is 0 Å². The Morgan fingerprint density at radius 1 is 1.25 bits per heavy atom. The molecule has 0 saturated heterocycles. The Morgan fingerprint density at radius 2 is 1.92 bits per heavy atom. The molecule has 0 spiro atoms. The minimum Gasteiger partial charge on any atom is -0.497 e. The van der Waals surface area contributed by atoms with Crippen molar-refractivity contribution in [3.63, 3.8) is 0 Å². The molecule has 5 heteroatoms. The third-order valence-electron chi connectivity index (χ3n) is 4.44. The van der Waals surface area contributed by atoms with E-state index in [0.29, 0.717) is 11.5 Å². The molecule has 1 aliphatic rings. The molecule has 0 bridgehead atoms. The van der Waals surface area contributed by atoms with Crippen LogP contribution in [0.2, 0.25) is 5.02 Å². The second-order valence-electron chi connectivity index (χ2n) is 6.08. The number of halogens is 2. The molecule has 1 unspecified atom stereocenters. The first-order valence-corrected chi connectivity index (χ1v) is 8.31. The maximum Gasteiger partial charge on any atom is 0.260 e. The monoisotopic (exact) mass is 347 g/mol. The lowest BCUT2D eigenvalue weighted by molar-refractivity contribution is 0.0975. The fourth-order valence-electron chi connectivity index (χ4n) is 2.86. The van der Waals surface area contributed by atoms with Crippen LogP contribution >= 0.6 is 11.6 Å². The summed E-state index contributed by atoms with van der Waals surface area (Å²) in [5, 5.41) is 0.126. The second-order valence-corrected chi connectivity index (χ2v) is 6.48. The minimum atomic E-state index is -0.456. The number of ether oxygens (including phenoxy) is 1. The number of hydrogen-bond donors (Lipinski definition) is 0. The largest absolute Gasteiger partial charge is 0.497 e. The number of methoxy groups -OCH3 is 1. The van der Waals surface area contributed by atoms with Gasteiger partial charge in [-0.3, -0.25) is 4.79 Å². The molecule has 1 aliphatic carbocycles. The van der Waals surface area contributed by atoms with Crippen molar-refractivity contribution in [3.8, 4) is 5.75 Å². The molecule has 2 aromatic rings. The molecule has 1 saturated carbocycles. The average Bonchev–Trinajstić information content (AvgIpc) is 3.40. The van der Waals surface area contributed by atoms with Gasteiger partial charge in [0.1, 0.15) is 11.6 Å². The van der Waals surface area contributed by atoms with E-state index in [1.54, 1.807) is 12.0 Å². The Morgan fingerprint density at radius 3 is 2.46 bits per heavy atom. The summed E-state index contributed by atoms with van der Waals surface area (Å²) in [5.41, 5.74) is 1.09. The first-order chi connectivity index (χ1) is 11.5. The zero-order valence-corrected chi connectivity index (χ0v) is 14.4. The highest BCUT2D eigenvalue weighted by atomic mass is 35.5. The molecule has 1 fully saturated rings. The van der Waals surface area contributed by atoms with Crippen molar-refractivity contribution in [2.75, 3.05) is 12.0 Å². The molecule has 0 N–H and O–H groups in total. The summed E-state index contributed by atoms with van der Waals surface area (Å²) in [6.45, 7) is 2.04. The average molecular weight is 348 g/mol. The topological polar surface area (TPSA) is 29.5 Å². The van der Waals surface area contributed by atoms with Gasteiger partial charge >= 0.3 is 0 Å². The highest BCUT2D eigenvalue weighted by Crippen LogP contribution is 2.38. The molecule has 1 atom stereocenters. The lowest BCUT2D eigenvalue weighted by Crippen LogP contribution is -2.40. The molecule has 1 amide bonds. The number of anilines is 1. The summed E-state index contributed by atoms with van der Waals surface area (Å²) in [6.07, 6.45) is 2.22. The number of amides is 1. The van der Waals surface area contributed by atoms with Crippen LogP contribution in [-0.2, 0) is 0 Å². The molecule has 0 radical (unpaired) electrons. The van der Waals surface area contributed by atoms with Crippen molar-refractivity contribution < 1.29 is 13.9 Å². The van der Waals surface area contributed by atoms with Crippen LogP contribution in [0.3, 0.4) is 0 Å². The van der Waals surface area contributed by atoms with Gasteiger partial charge in [0, 0.05) is 11.7 Å². The molecule has 2 aromatic carbocycles. The van der Waals surface area contributed by atoms with Crippen LogP contribution in [0.15, 0.2) is 42.5 Å². The summed E-state index contributed by atoms with van der Waals surface area (Å²) < 4.78 is 18.5. The summed E-state index contributed by atoms with van der Waals surface area (Å²) in [5.74, 6) is 0.535. The van der Waals surface area contributed by atoms with Gasteiger partial charge in [-0.2, -0.15) is 0 Å². The third-order valence-corrected chi connectivity index (χ3v) is 4.76. The summed E-state index contributed by atoms with van der Waals surface area (Å²) in [6, 6.07) is 11.3. The van der Waals surface area contributed by atoms with Gasteiger partial charge in [0.05, 0.1) is 17.7 Å². The number of hydrogen-bond acceptors (Lipinski definition) is 2. The van der Waals surface area contributed by atoms with Gasteiger partial charge in [-0.25, -0.2) is 4.39 Å². The van der Waals surface area contributed by atoms with Gasteiger partial charge < -0.3 is 9.64 Å². The van der Waals surface area contributed by atoms with E-state index >= 15 is 0 Å². The highest BCUT2D eigenvalue weighted by molar-refractivity contribution is 6.34. The fraction of sp³-hybridized carbons (Fsp3) is 0.316. The van der Waals surface area contributed by atoms with Crippen molar-refractivity contribution in [2.24, 2.45) is 5.92 Å². The maximum atomic E-state index is 13.3. The highest BCUT2D eigenvalue weighted by Gasteiger charge is 2.36. The molecule has 0 heterocycles. The van der Waals surface area contributed by atoms with Crippen LogP contribution in [-0.4, -0.2) is 19.1 Å². The zero-order valence-electron chi connectivity index (χ0n) is 13.6. The van der Waals surface area contributed by atoms with E-state index in [0.717, 1.165) is 24.3 Å². The van der Waals surface area contributed by atoms with Gasteiger partial charge in [0.15, 0.2) is 0 Å². The molecule has 24 heavy (non-hydrogen) atoms. The maximum absolute atomic E-state index is 13.3. The van der Waals surface area contributed by atoms with Crippen molar-refractivity contribution >= 4 is 23.2 Å². The van der Waals surface area contributed by atoms with E-state index in [1.165, 1.54) is 18.2 Å². The number of nitrogens with zero attached hydrogens (tertiary/aromatic N) is 1.